The molecule has 0 unspecified atom stereocenters. The first kappa shape index (κ1) is 12.3. The summed E-state index contributed by atoms with van der Waals surface area (Å²) in [5.74, 6) is 0. The van der Waals surface area contributed by atoms with Crippen molar-refractivity contribution in [2.45, 2.75) is 12.4 Å². The minimum Gasteiger partial charge on any atom is -0.250 e. The number of pyridine rings is 1. The van der Waals surface area contributed by atoms with Gasteiger partial charge in [0.1, 0.15) is 6.07 Å². The fourth-order valence-electron chi connectivity index (χ4n) is 0.931. The Kier molecular flexibility index (Phi) is 2.81. The number of nitriles is 1. The zero-order chi connectivity index (χ0) is 12.6. The van der Waals surface area contributed by atoms with Gasteiger partial charge in [-0.05, 0) is 6.07 Å². The van der Waals surface area contributed by atoms with Gasteiger partial charge in [0, 0.05) is 6.20 Å². The summed E-state index contributed by atoms with van der Waals surface area (Å²) in [4.78, 5) is 2.62. The first-order valence-electron chi connectivity index (χ1n) is 3.71. The third kappa shape index (κ3) is 2.42. The molecule has 0 aromatic carbocycles. The van der Waals surface area contributed by atoms with E-state index in [9.17, 15) is 26.3 Å². The third-order valence-corrected chi connectivity index (χ3v) is 1.60. The Hall–Kier alpha value is -1.78. The predicted molar refractivity (Wildman–Crippen MR) is 39.0 cm³/mol. The van der Waals surface area contributed by atoms with Crippen LogP contribution in [-0.4, -0.2) is 4.98 Å². The van der Waals surface area contributed by atoms with E-state index in [1.807, 2.05) is 0 Å². The summed E-state index contributed by atoms with van der Waals surface area (Å²) in [7, 11) is 0. The number of alkyl halides is 6. The lowest BCUT2D eigenvalue weighted by molar-refractivity contribution is -0.144. The van der Waals surface area contributed by atoms with Crippen molar-refractivity contribution < 1.29 is 26.3 Å². The number of nitrogens with zero attached hydrogens (tertiary/aromatic N) is 2. The summed E-state index contributed by atoms with van der Waals surface area (Å²) < 4.78 is 72.8. The van der Waals surface area contributed by atoms with Gasteiger partial charge in [0.25, 0.3) is 0 Å². The van der Waals surface area contributed by atoms with Crippen LogP contribution in [0.2, 0.25) is 0 Å². The monoisotopic (exact) mass is 240 g/mol. The van der Waals surface area contributed by atoms with E-state index in [-0.39, 0.29) is 12.3 Å². The van der Waals surface area contributed by atoms with Gasteiger partial charge >= 0.3 is 12.4 Å². The largest absolute Gasteiger partial charge is 0.434 e. The van der Waals surface area contributed by atoms with Gasteiger partial charge in [-0.2, -0.15) is 31.6 Å². The fraction of sp³-hybridized carbons (Fsp3) is 0.250. The maximum Gasteiger partial charge on any atom is 0.434 e. The first-order chi connectivity index (χ1) is 7.16. The van der Waals surface area contributed by atoms with Crippen molar-refractivity contribution in [2.24, 2.45) is 0 Å². The summed E-state index contributed by atoms with van der Waals surface area (Å²) in [5.41, 5.74) is -4.16. The van der Waals surface area contributed by atoms with Crippen molar-refractivity contribution in [1.82, 2.24) is 4.98 Å². The lowest BCUT2D eigenvalue weighted by Crippen LogP contribution is -2.14. The number of hydrogen-bond donors (Lipinski definition) is 0. The van der Waals surface area contributed by atoms with Crippen molar-refractivity contribution in [2.75, 3.05) is 0 Å². The molecule has 1 heterocycles. The number of aromatic nitrogens is 1. The normalized spacial score (nSPS) is 12.3. The molecule has 0 aliphatic heterocycles. The maximum atomic E-state index is 12.2. The second-order valence-electron chi connectivity index (χ2n) is 2.73. The van der Waals surface area contributed by atoms with Crippen LogP contribution in [-0.2, 0) is 12.4 Å². The molecule has 0 fully saturated rings. The second kappa shape index (κ2) is 3.66. The lowest BCUT2D eigenvalue weighted by Gasteiger charge is -2.10. The molecule has 0 atom stereocenters. The summed E-state index contributed by atoms with van der Waals surface area (Å²) in [5, 5.41) is 8.31. The van der Waals surface area contributed by atoms with Gasteiger partial charge in [-0.15, -0.1) is 0 Å². The number of halogens is 6. The summed E-state index contributed by atoms with van der Waals surface area (Å²) in [6, 6.07) is 1.15. The van der Waals surface area contributed by atoms with Crippen LogP contribution < -0.4 is 0 Å². The van der Waals surface area contributed by atoms with Gasteiger partial charge in [-0.3, -0.25) is 0 Å². The van der Waals surface area contributed by atoms with Gasteiger partial charge in [-0.25, -0.2) is 4.98 Å². The Morgan fingerprint density at radius 1 is 1.06 bits per heavy atom. The molecular formula is C8H2F6N2. The molecule has 2 nitrogen and oxygen atoms in total. The Labute approximate surface area is 85.1 Å². The molecule has 0 aliphatic rings. The van der Waals surface area contributed by atoms with Crippen LogP contribution in [0.4, 0.5) is 26.3 Å². The molecule has 8 heteroatoms. The molecule has 0 spiro atoms. The Bertz CT molecular complexity index is 439. The van der Waals surface area contributed by atoms with Gasteiger partial charge in [0.2, 0.25) is 0 Å². The van der Waals surface area contributed by atoms with Crippen LogP contribution in [0.25, 0.3) is 0 Å². The van der Waals surface area contributed by atoms with E-state index < -0.39 is 29.2 Å². The first-order valence-corrected chi connectivity index (χ1v) is 3.71. The van der Waals surface area contributed by atoms with Crippen LogP contribution in [0, 0.1) is 11.3 Å². The van der Waals surface area contributed by atoms with Crippen LogP contribution in [0.15, 0.2) is 12.3 Å². The Morgan fingerprint density at radius 2 is 1.62 bits per heavy atom. The molecule has 0 radical (unpaired) electrons. The highest BCUT2D eigenvalue weighted by atomic mass is 19.4. The molecule has 0 saturated carbocycles. The van der Waals surface area contributed by atoms with E-state index in [2.05, 4.69) is 4.98 Å². The van der Waals surface area contributed by atoms with E-state index in [1.54, 1.807) is 0 Å². The van der Waals surface area contributed by atoms with E-state index in [1.165, 1.54) is 0 Å². The van der Waals surface area contributed by atoms with Gasteiger partial charge < -0.3 is 0 Å². The lowest BCUT2D eigenvalue weighted by atomic mass is 10.1. The summed E-state index contributed by atoms with van der Waals surface area (Å²) >= 11 is 0. The van der Waals surface area contributed by atoms with Crippen LogP contribution in [0.5, 0.6) is 0 Å². The average molecular weight is 240 g/mol. The second-order valence-corrected chi connectivity index (χ2v) is 2.73. The topological polar surface area (TPSA) is 36.7 Å². The SMILES string of the molecule is N#Cc1cc(C(F)(F)F)cnc1C(F)(F)F. The molecule has 1 aromatic heterocycles. The zero-order valence-electron chi connectivity index (χ0n) is 7.32. The van der Waals surface area contributed by atoms with Crippen LogP contribution in [0.1, 0.15) is 16.8 Å². The van der Waals surface area contributed by atoms with Crippen molar-refractivity contribution in [1.29, 1.82) is 5.26 Å². The third-order valence-electron chi connectivity index (χ3n) is 1.60. The van der Waals surface area contributed by atoms with Crippen molar-refractivity contribution >= 4 is 0 Å². The summed E-state index contributed by atoms with van der Waals surface area (Å²) in [6.07, 6.45) is -9.73. The quantitative estimate of drug-likeness (QED) is 0.653. The van der Waals surface area contributed by atoms with Gasteiger partial charge in [0.05, 0.1) is 11.1 Å². The number of rotatable bonds is 0. The zero-order valence-corrected chi connectivity index (χ0v) is 7.32. The van der Waals surface area contributed by atoms with Gasteiger partial charge in [0.15, 0.2) is 5.69 Å². The van der Waals surface area contributed by atoms with E-state index in [4.69, 9.17) is 5.26 Å². The molecule has 0 amide bonds. The highest BCUT2D eigenvalue weighted by Crippen LogP contribution is 2.34. The van der Waals surface area contributed by atoms with Crippen molar-refractivity contribution in [3.05, 3.63) is 29.1 Å². The predicted octanol–water partition coefficient (Wildman–Crippen LogP) is 2.99. The van der Waals surface area contributed by atoms with Crippen LogP contribution in [0.3, 0.4) is 0 Å². The molecule has 0 aliphatic carbocycles. The Morgan fingerprint density at radius 3 is 2.00 bits per heavy atom. The van der Waals surface area contributed by atoms with Crippen molar-refractivity contribution in [3.63, 3.8) is 0 Å². The standard InChI is InChI=1S/C8H2F6N2/c9-7(10,11)5-1-4(2-15)6(16-3-5)8(12,13)14/h1,3H. The molecule has 0 saturated heterocycles. The maximum absolute atomic E-state index is 12.2. The minimum absolute atomic E-state index is 0.0453. The molecule has 16 heavy (non-hydrogen) atoms. The minimum atomic E-state index is -4.95. The molecule has 1 rings (SSSR count). The van der Waals surface area contributed by atoms with E-state index in [0.29, 0.717) is 0 Å². The van der Waals surface area contributed by atoms with Crippen LogP contribution >= 0.6 is 0 Å². The van der Waals surface area contributed by atoms with Gasteiger partial charge in [-0.1, -0.05) is 0 Å². The average Bonchev–Trinajstić information content (AvgIpc) is 2.14. The highest BCUT2D eigenvalue weighted by Gasteiger charge is 2.38. The molecule has 86 valence electrons. The summed E-state index contributed by atoms with van der Waals surface area (Å²) in [6.45, 7) is 0. The molecular weight excluding hydrogens is 238 g/mol. The molecule has 0 bridgehead atoms. The number of hydrogen-bond acceptors (Lipinski definition) is 2. The molecule has 1 aromatic rings. The molecule has 0 N–H and O–H groups in total. The highest BCUT2D eigenvalue weighted by molar-refractivity contribution is 5.38. The van der Waals surface area contributed by atoms with Crippen molar-refractivity contribution in [3.8, 4) is 6.07 Å². The van der Waals surface area contributed by atoms with E-state index in [0.717, 1.165) is 6.07 Å². The van der Waals surface area contributed by atoms with E-state index >= 15 is 0 Å². The smallest absolute Gasteiger partial charge is 0.250 e. The fourth-order valence-corrected chi connectivity index (χ4v) is 0.931. The Balaban J connectivity index is 3.36.